The topological polar surface area (TPSA) is 23.8 Å². The van der Waals surface area contributed by atoms with Crippen molar-refractivity contribution < 1.29 is 17.4 Å². The first-order valence-electron chi connectivity index (χ1n) is 0.836. The molecule has 0 aliphatic carbocycles. The van der Waals surface area contributed by atoms with Crippen molar-refractivity contribution in [2.75, 3.05) is 6.26 Å². The summed E-state index contributed by atoms with van der Waals surface area (Å²) in [7, 11) is 0. The fourth-order valence-corrected chi connectivity index (χ4v) is 0. The summed E-state index contributed by atoms with van der Waals surface area (Å²) in [5.41, 5.74) is 0. The minimum absolute atomic E-state index is 0. The average molecular weight is 125 g/mol. The molecule has 0 saturated heterocycles. The summed E-state index contributed by atoms with van der Waals surface area (Å²) in [5.74, 6) is 0. The van der Waals surface area contributed by atoms with Gasteiger partial charge < -0.3 is 0 Å². The number of nitriles is 1. The van der Waals surface area contributed by atoms with Crippen molar-refractivity contribution in [3.8, 4) is 5.40 Å². The quantitative estimate of drug-likeness (QED) is 0.448. The van der Waals surface area contributed by atoms with Gasteiger partial charge in [-0.05, 0) is 18.0 Å². The maximum Gasteiger partial charge on any atom is 0.133 e. The Morgan fingerprint density at radius 2 is 2.00 bits per heavy atom. The van der Waals surface area contributed by atoms with E-state index in [1.165, 1.54) is 0 Å². The van der Waals surface area contributed by atoms with Gasteiger partial charge in [-0.3, -0.25) is 0 Å². The Hall–Kier alpha value is 0.372. The fraction of sp³-hybridized carbons (Fsp3) is 0.500. The van der Waals surface area contributed by atoms with E-state index in [0.29, 0.717) is 0 Å². The summed E-state index contributed by atoms with van der Waals surface area (Å²) in [5, 5.41) is 9.44. The van der Waals surface area contributed by atoms with Crippen LogP contribution in [0.15, 0.2) is 0 Å². The van der Waals surface area contributed by atoms with E-state index >= 15 is 0 Å². The van der Waals surface area contributed by atoms with Crippen molar-refractivity contribution in [3.63, 3.8) is 0 Å². The van der Waals surface area contributed by atoms with Crippen molar-refractivity contribution >= 4 is 11.8 Å². The third kappa shape index (κ3) is 13.1. The molecule has 3 heteroatoms. The summed E-state index contributed by atoms with van der Waals surface area (Å²) in [6, 6.07) is 0. The summed E-state index contributed by atoms with van der Waals surface area (Å²) in [6.07, 6.45) is 1.74. The molecular weight excluding hydrogens is 122 g/mol. The van der Waals surface area contributed by atoms with Gasteiger partial charge in [0.15, 0.2) is 0 Å². The molecule has 0 aliphatic heterocycles. The van der Waals surface area contributed by atoms with Crippen LogP contribution in [0.3, 0.4) is 0 Å². The minimum atomic E-state index is 0. The maximum atomic E-state index is 7.59. The molecule has 0 atom stereocenters. The van der Waals surface area contributed by atoms with Gasteiger partial charge in [-0.1, -0.05) is 0 Å². The van der Waals surface area contributed by atoms with Crippen LogP contribution >= 0.6 is 11.8 Å². The van der Waals surface area contributed by atoms with Crippen LogP contribution in [0.2, 0.25) is 0 Å². The second-order valence-electron chi connectivity index (χ2n) is 0.295. The molecule has 0 aromatic heterocycles. The number of thioether (sulfide) groups is 1. The summed E-state index contributed by atoms with van der Waals surface area (Å²) >= 11 is 1.16. The summed E-state index contributed by atoms with van der Waals surface area (Å²) < 4.78 is 0. The summed E-state index contributed by atoms with van der Waals surface area (Å²) in [4.78, 5) is 0. The van der Waals surface area contributed by atoms with Crippen LogP contribution in [0.25, 0.3) is 0 Å². The standard InChI is InChI=1S/C2H3NS.Cr/c1-4-2-3;/h1H3;. The molecule has 0 aliphatic rings. The molecular formula is C2H3CrNS. The molecule has 0 heterocycles. The summed E-state index contributed by atoms with van der Waals surface area (Å²) in [6.45, 7) is 0. The molecule has 0 aromatic carbocycles. The zero-order chi connectivity index (χ0) is 3.41. The van der Waals surface area contributed by atoms with Crippen LogP contribution in [0.5, 0.6) is 0 Å². The van der Waals surface area contributed by atoms with Gasteiger partial charge in [0.05, 0.1) is 0 Å². The van der Waals surface area contributed by atoms with Crippen LogP contribution in [0.1, 0.15) is 0 Å². The van der Waals surface area contributed by atoms with Crippen LogP contribution in [-0.2, 0) is 17.4 Å². The normalized spacial score (nSPS) is 4.00. The first-order chi connectivity index (χ1) is 1.91. The predicted octanol–water partition coefficient (Wildman–Crippen LogP) is 0.828. The van der Waals surface area contributed by atoms with Gasteiger partial charge in [0.2, 0.25) is 0 Å². The van der Waals surface area contributed by atoms with E-state index in [2.05, 4.69) is 0 Å². The minimum Gasteiger partial charge on any atom is -0.185 e. The second kappa shape index (κ2) is 8.84. The largest absolute Gasteiger partial charge is 0.185 e. The molecule has 0 unspecified atom stereocenters. The van der Waals surface area contributed by atoms with E-state index in [1.807, 2.05) is 5.40 Å². The predicted molar refractivity (Wildman–Crippen MR) is 19.1 cm³/mol. The third-order valence-corrected chi connectivity index (χ3v) is 0.274. The maximum absolute atomic E-state index is 7.59. The molecule has 0 spiro atoms. The number of thiocyanates is 1. The van der Waals surface area contributed by atoms with E-state index in [9.17, 15) is 0 Å². The van der Waals surface area contributed by atoms with Crippen molar-refractivity contribution in [1.82, 2.24) is 0 Å². The average Bonchev–Trinajstić information content (AvgIpc) is 1.37. The van der Waals surface area contributed by atoms with Crippen molar-refractivity contribution in [1.29, 1.82) is 5.26 Å². The van der Waals surface area contributed by atoms with Crippen LogP contribution in [-0.4, -0.2) is 6.26 Å². The SMILES string of the molecule is CSC#N.[Cr]. The Balaban J connectivity index is 0. The van der Waals surface area contributed by atoms with E-state index < -0.39 is 0 Å². The van der Waals surface area contributed by atoms with E-state index in [0.717, 1.165) is 11.8 Å². The van der Waals surface area contributed by atoms with Gasteiger partial charge in [-0.2, -0.15) is 5.26 Å². The van der Waals surface area contributed by atoms with Gasteiger partial charge in [0, 0.05) is 17.4 Å². The molecule has 0 bridgehead atoms. The molecule has 0 aromatic rings. The molecule has 0 N–H and O–H groups in total. The van der Waals surface area contributed by atoms with Gasteiger partial charge in [0.25, 0.3) is 0 Å². The number of rotatable bonds is 0. The van der Waals surface area contributed by atoms with Crippen LogP contribution in [0.4, 0.5) is 0 Å². The molecule has 0 amide bonds. The first kappa shape index (κ1) is 9.03. The first-order valence-corrected chi connectivity index (χ1v) is 2.06. The zero-order valence-electron chi connectivity index (χ0n) is 2.76. The smallest absolute Gasteiger partial charge is 0.133 e. The van der Waals surface area contributed by atoms with Gasteiger partial charge in [-0.15, -0.1) is 0 Å². The van der Waals surface area contributed by atoms with Crippen molar-refractivity contribution in [2.24, 2.45) is 0 Å². The van der Waals surface area contributed by atoms with Gasteiger partial charge in [-0.25, -0.2) is 0 Å². The Morgan fingerprint density at radius 1 is 1.80 bits per heavy atom. The number of hydrogen-bond donors (Lipinski definition) is 0. The number of hydrogen-bond acceptors (Lipinski definition) is 2. The van der Waals surface area contributed by atoms with E-state index in [1.54, 1.807) is 6.26 Å². The van der Waals surface area contributed by atoms with Gasteiger partial charge in [0.1, 0.15) is 5.40 Å². The Bertz CT molecular complexity index is 39.4. The fourth-order valence-electron chi connectivity index (χ4n) is 0. The zero-order valence-corrected chi connectivity index (χ0v) is 4.86. The monoisotopic (exact) mass is 125 g/mol. The van der Waals surface area contributed by atoms with Crippen molar-refractivity contribution in [3.05, 3.63) is 0 Å². The van der Waals surface area contributed by atoms with Crippen LogP contribution < -0.4 is 0 Å². The molecule has 0 fully saturated rings. The molecule has 0 rings (SSSR count). The Morgan fingerprint density at radius 3 is 2.00 bits per heavy atom. The molecule has 5 heavy (non-hydrogen) atoms. The third-order valence-electron chi connectivity index (χ3n) is 0.0913. The molecule has 0 radical (unpaired) electrons. The molecule has 0 saturated carbocycles. The second-order valence-corrected chi connectivity index (χ2v) is 0.886. The van der Waals surface area contributed by atoms with E-state index in [-0.39, 0.29) is 17.4 Å². The molecule has 1 nitrogen and oxygen atoms in total. The molecule has 28 valence electrons. The Labute approximate surface area is 46.5 Å². The van der Waals surface area contributed by atoms with E-state index in [4.69, 9.17) is 5.26 Å². The Kier molecular flexibility index (Phi) is 16.0. The number of nitrogens with zero attached hydrogens (tertiary/aromatic N) is 1. The van der Waals surface area contributed by atoms with Gasteiger partial charge >= 0.3 is 0 Å². The van der Waals surface area contributed by atoms with Crippen molar-refractivity contribution in [2.45, 2.75) is 0 Å². The van der Waals surface area contributed by atoms with Crippen LogP contribution in [0, 0.1) is 10.7 Å².